The molecule has 1 spiro atoms. The van der Waals surface area contributed by atoms with E-state index in [4.69, 9.17) is 10.5 Å². The molecule has 0 aromatic heterocycles. The van der Waals surface area contributed by atoms with Crippen molar-refractivity contribution in [3.8, 4) is 5.75 Å². The van der Waals surface area contributed by atoms with Gasteiger partial charge in [0.2, 0.25) is 0 Å². The second-order valence-electron chi connectivity index (χ2n) is 6.55. The van der Waals surface area contributed by atoms with E-state index in [1.54, 1.807) is 13.0 Å². The minimum Gasteiger partial charge on any atom is -0.489 e. The Morgan fingerprint density at radius 3 is 2.52 bits per heavy atom. The summed E-state index contributed by atoms with van der Waals surface area (Å²) in [5.74, 6) is 0.635. The highest BCUT2D eigenvalue weighted by molar-refractivity contribution is 5.49. The molecular weight excluding hydrogens is 268 g/mol. The molecule has 0 aliphatic heterocycles. The molecule has 0 amide bonds. The summed E-state index contributed by atoms with van der Waals surface area (Å²) in [4.78, 5) is 10.7. The van der Waals surface area contributed by atoms with Crippen LogP contribution in [0, 0.1) is 29.4 Å². The summed E-state index contributed by atoms with van der Waals surface area (Å²) in [6, 6.07) is 3.61. The first-order valence-corrected chi connectivity index (χ1v) is 7.62. The van der Waals surface area contributed by atoms with Crippen LogP contribution < -0.4 is 10.5 Å². The lowest BCUT2D eigenvalue weighted by Crippen LogP contribution is -2.62. The molecule has 2 fully saturated rings. The molecule has 0 heterocycles. The molecule has 2 N–H and O–H groups in total. The van der Waals surface area contributed by atoms with Crippen LogP contribution in [0.3, 0.4) is 0 Å². The number of hydrogen-bond donors (Lipinski definition) is 1. The van der Waals surface area contributed by atoms with E-state index >= 15 is 0 Å². The molecule has 2 aliphatic rings. The van der Waals surface area contributed by atoms with Crippen LogP contribution in [0.15, 0.2) is 12.1 Å². The molecule has 2 unspecified atom stereocenters. The zero-order valence-electron chi connectivity index (χ0n) is 12.6. The second-order valence-corrected chi connectivity index (χ2v) is 6.55. The number of hydrogen-bond acceptors (Lipinski definition) is 4. The van der Waals surface area contributed by atoms with E-state index in [-0.39, 0.29) is 28.2 Å². The van der Waals surface area contributed by atoms with Crippen molar-refractivity contribution >= 4 is 5.69 Å². The molecule has 2 aliphatic carbocycles. The van der Waals surface area contributed by atoms with Crippen LogP contribution in [0.5, 0.6) is 5.75 Å². The second kappa shape index (κ2) is 4.98. The average Bonchev–Trinajstić information content (AvgIpc) is 2.93. The van der Waals surface area contributed by atoms with E-state index in [0.29, 0.717) is 11.3 Å². The van der Waals surface area contributed by atoms with E-state index in [1.165, 1.54) is 12.8 Å². The molecule has 5 heteroatoms. The maximum atomic E-state index is 11.1. The van der Waals surface area contributed by atoms with Crippen molar-refractivity contribution in [2.75, 3.05) is 0 Å². The fourth-order valence-corrected chi connectivity index (χ4v) is 3.97. The number of benzene rings is 1. The van der Waals surface area contributed by atoms with Crippen molar-refractivity contribution in [1.29, 1.82) is 0 Å². The highest BCUT2D eigenvalue weighted by Crippen LogP contribution is 2.54. The standard InChI is InChI=1S/C16H22N2O3/c1-10-7-11(2)13(8-12(10)18(19)20)21-15-9-14(17)16(15)5-3-4-6-16/h7-8,14-15H,3-6,9,17H2,1-2H3. The highest BCUT2D eigenvalue weighted by atomic mass is 16.6. The summed E-state index contributed by atoms with van der Waals surface area (Å²) in [5, 5.41) is 11.1. The Morgan fingerprint density at radius 2 is 1.95 bits per heavy atom. The first-order chi connectivity index (χ1) is 9.94. The van der Waals surface area contributed by atoms with E-state index in [1.807, 2.05) is 13.0 Å². The van der Waals surface area contributed by atoms with Gasteiger partial charge in [0.1, 0.15) is 11.9 Å². The Balaban J connectivity index is 1.85. The molecule has 0 radical (unpaired) electrons. The van der Waals surface area contributed by atoms with Gasteiger partial charge in [-0.3, -0.25) is 10.1 Å². The lowest BCUT2D eigenvalue weighted by atomic mass is 9.61. The van der Waals surface area contributed by atoms with Crippen LogP contribution in [0.4, 0.5) is 5.69 Å². The first-order valence-electron chi connectivity index (χ1n) is 7.62. The van der Waals surface area contributed by atoms with Crippen LogP contribution in [0.25, 0.3) is 0 Å². The van der Waals surface area contributed by atoms with Gasteiger partial charge in [0, 0.05) is 23.4 Å². The molecule has 5 nitrogen and oxygen atoms in total. The minimum absolute atomic E-state index is 0.103. The number of ether oxygens (including phenoxy) is 1. The van der Waals surface area contributed by atoms with Crippen LogP contribution in [0.1, 0.15) is 43.2 Å². The molecule has 1 aromatic carbocycles. The number of nitro groups is 1. The lowest BCUT2D eigenvalue weighted by molar-refractivity contribution is -0.385. The number of nitrogens with zero attached hydrogens (tertiary/aromatic N) is 1. The summed E-state index contributed by atoms with van der Waals surface area (Å²) in [7, 11) is 0. The van der Waals surface area contributed by atoms with Gasteiger partial charge in [-0.1, -0.05) is 12.8 Å². The maximum Gasteiger partial charge on any atom is 0.276 e. The number of nitrogens with two attached hydrogens (primary N) is 1. The third-order valence-corrected chi connectivity index (χ3v) is 5.34. The molecule has 21 heavy (non-hydrogen) atoms. The Kier molecular flexibility index (Phi) is 3.40. The van der Waals surface area contributed by atoms with Crippen molar-refractivity contribution in [2.24, 2.45) is 11.1 Å². The van der Waals surface area contributed by atoms with E-state index in [2.05, 4.69) is 0 Å². The summed E-state index contributed by atoms with van der Waals surface area (Å²) >= 11 is 0. The van der Waals surface area contributed by atoms with Crippen molar-refractivity contribution < 1.29 is 9.66 Å². The Hall–Kier alpha value is -1.62. The lowest BCUT2D eigenvalue weighted by Gasteiger charge is -2.52. The summed E-state index contributed by atoms with van der Waals surface area (Å²) in [5.41, 5.74) is 8.07. The Bertz CT molecular complexity index is 579. The van der Waals surface area contributed by atoms with Gasteiger partial charge in [-0.05, 0) is 38.3 Å². The van der Waals surface area contributed by atoms with Gasteiger partial charge in [0.15, 0.2) is 0 Å². The van der Waals surface area contributed by atoms with Gasteiger partial charge in [-0.15, -0.1) is 0 Å². The molecule has 0 saturated heterocycles. The smallest absolute Gasteiger partial charge is 0.276 e. The van der Waals surface area contributed by atoms with Gasteiger partial charge in [-0.25, -0.2) is 0 Å². The topological polar surface area (TPSA) is 78.4 Å². The largest absolute Gasteiger partial charge is 0.489 e. The van der Waals surface area contributed by atoms with E-state index in [0.717, 1.165) is 24.8 Å². The Labute approximate surface area is 124 Å². The number of nitro benzene ring substituents is 1. The zero-order valence-corrected chi connectivity index (χ0v) is 12.6. The fraction of sp³-hybridized carbons (Fsp3) is 0.625. The fourth-order valence-electron chi connectivity index (χ4n) is 3.97. The van der Waals surface area contributed by atoms with Crippen LogP contribution >= 0.6 is 0 Å². The van der Waals surface area contributed by atoms with Crippen molar-refractivity contribution in [2.45, 2.75) is 58.1 Å². The molecule has 2 saturated carbocycles. The van der Waals surface area contributed by atoms with Gasteiger partial charge >= 0.3 is 0 Å². The Morgan fingerprint density at radius 1 is 1.29 bits per heavy atom. The maximum absolute atomic E-state index is 11.1. The summed E-state index contributed by atoms with van der Waals surface area (Å²) in [6.07, 6.45) is 5.61. The minimum atomic E-state index is -0.348. The molecule has 1 aromatic rings. The number of rotatable bonds is 3. The molecule has 2 atom stereocenters. The normalized spacial score (nSPS) is 26.6. The zero-order chi connectivity index (χ0) is 15.2. The number of aryl methyl sites for hydroxylation is 2. The monoisotopic (exact) mass is 290 g/mol. The van der Waals surface area contributed by atoms with Crippen molar-refractivity contribution in [1.82, 2.24) is 0 Å². The predicted molar refractivity (Wildman–Crippen MR) is 80.5 cm³/mol. The third-order valence-electron chi connectivity index (χ3n) is 5.34. The first kappa shape index (κ1) is 14.3. The summed E-state index contributed by atoms with van der Waals surface area (Å²) in [6.45, 7) is 3.69. The van der Waals surface area contributed by atoms with Gasteiger partial charge in [0.05, 0.1) is 11.0 Å². The highest BCUT2D eigenvalue weighted by Gasteiger charge is 2.56. The SMILES string of the molecule is Cc1cc(C)c([N+](=O)[O-])cc1OC1CC(N)C12CCCC2. The van der Waals surface area contributed by atoms with E-state index < -0.39 is 0 Å². The van der Waals surface area contributed by atoms with Crippen LogP contribution in [-0.4, -0.2) is 17.1 Å². The predicted octanol–water partition coefficient (Wildman–Crippen LogP) is 3.25. The van der Waals surface area contributed by atoms with Gasteiger partial charge in [-0.2, -0.15) is 0 Å². The molecule has 3 rings (SSSR count). The van der Waals surface area contributed by atoms with Gasteiger partial charge < -0.3 is 10.5 Å². The van der Waals surface area contributed by atoms with Crippen LogP contribution in [0.2, 0.25) is 0 Å². The third kappa shape index (κ3) is 2.20. The molecule has 0 bridgehead atoms. The van der Waals surface area contributed by atoms with Crippen molar-refractivity contribution in [3.63, 3.8) is 0 Å². The summed E-state index contributed by atoms with van der Waals surface area (Å²) < 4.78 is 6.15. The molecular formula is C16H22N2O3. The molecule has 114 valence electrons. The van der Waals surface area contributed by atoms with E-state index in [9.17, 15) is 10.1 Å². The average molecular weight is 290 g/mol. The van der Waals surface area contributed by atoms with Gasteiger partial charge in [0.25, 0.3) is 5.69 Å². The quantitative estimate of drug-likeness (QED) is 0.684. The van der Waals surface area contributed by atoms with Crippen LogP contribution in [-0.2, 0) is 0 Å². The van der Waals surface area contributed by atoms with Crippen molar-refractivity contribution in [3.05, 3.63) is 33.4 Å².